The van der Waals surface area contributed by atoms with E-state index in [4.69, 9.17) is 0 Å². The van der Waals surface area contributed by atoms with E-state index in [0.717, 1.165) is 24.7 Å². The van der Waals surface area contributed by atoms with Crippen molar-refractivity contribution in [3.8, 4) is 0 Å². The van der Waals surface area contributed by atoms with Crippen molar-refractivity contribution in [1.29, 1.82) is 0 Å². The highest BCUT2D eigenvalue weighted by Gasteiger charge is 2.18. The lowest BCUT2D eigenvalue weighted by Crippen LogP contribution is -2.39. The van der Waals surface area contributed by atoms with E-state index in [1.807, 2.05) is 6.07 Å². The van der Waals surface area contributed by atoms with E-state index in [9.17, 15) is 4.39 Å². The van der Waals surface area contributed by atoms with Gasteiger partial charge in [0.2, 0.25) is 0 Å². The molecule has 0 spiro atoms. The van der Waals surface area contributed by atoms with Crippen LogP contribution in [0.25, 0.3) is 0 Å². The van der Waals surface area contributed by atoms with Gasteiger partial charge in [-0.05, 0) is 64.1 Å². The highest BCUT2D eigenvalue weighted by atomic mass is 19.1. The Morgan fingerprint density at radius 3 is 2.70 bits per heavy atom. The molecule has 1 heterocycles. The van der Waals surface area contributed by atoms with Crippen LogP contribution in [0, 0.1) is 11.7 Å². The average Bonchev–Trinajstić information content (AvgIpc) is 2.40. The summed E-state index contributed by atoms with van der Waals surface area (Å²) in [6.07, 6.45) is 2.58. The summed E-state index contributed by atoms with van der Waals surface area (Å²) in [5.41, 5.74) is 0.868. The van der Waals surface area contributed by atoms with Gasteiger partial charge in [0.15, 0.2) is 0 Å². The van der Waals surface area contributed by atoms with Gasteiger partial charge in [0.05, 0.1) is 0 Å². The lowest BCUT2D eigenvalue weighted by Gasteiger charge is -2.33. The number of rotatable bonds is 6. The molecular formula is C16H26FN3. The van der Waals surface area contributed by atoms with Gasteiger partial charge in [-0.3, -0.25) is 0 Å². The van der Waals surface area contributed by atoms with Crippen LogP contribution in [0.4, 0.5) is 10.1 Å². The van der Waals surface area contributed by atoms with Crippen molar-refractivity contribution in [3.63, 3.8) is 0 Å². The van der Waals surface area contributed by atoms with Crippen molar-refractivity contribution >= 4 is 5.69 Å². The molecule has 0 unspecified atom stereocenters. The first-order valence-corrected chi connectivity index (χ1v) is 7.50. The van der Waals surface area contributed by atoms with Gasteiger partial charge in [-0.2, -0.15) is 0 Å². The van der Waals surface area contributed by atoms with Gasteiger partial charge < -0.3 is 15.1 Å². The molecule has 1 fully saturated rings. The summed E-state index contributed by atoms with van der Waals surface area (Å²) in [5, 5.41) is 3.29. The van der Waals surface area contributed by atoms with Crippen molar-refractivity contribution in [3.05, 3.63) is 30.1 Å². The first kappa shape index (κ1) is 15.3. The van der Waals surface area contributed by atoms with Gasteiger partial charge in [-0.25, -0.2) is 4.39 Å². The van der Waals surface area contributed by atoms with Crippen LogP contribution >= 0.6 is 0 Å². The van der Waals surface area contributed by atoms with Gasteiger partial charge in [0, 0.05) is 25.3 Å². The molecule has 20 heavy (non-hydrogen) atoms. The molecule has 1 N–H and O–H groups in total. The van der Waals surface area contributed by atoms with Crippen LogP contribution < -0.4 is 5.32 Å². The SMILES string of the molecule is CN(C)CC1CCN(CCNc2cccc(F)c2)CC1. The average molecular weight is 279 g/mol. The van der Waals surface area contributed by atoms with Gasteiger partial charge in [0.1, 0.15) is 5.82 Å². The molecule has 3 nitrogen and oxygen atoms in total. The number of hydrogen-bond acceptors (Lipinski definition) is 3. The number of hydrogen-bond donors (Lipinski definition) is 1. The van der Waals surface area contributed by atoms with E-state index in [0.29, 0.717) is 0 Å². The summed E-state index contributed by atoms with van der Waals surface area (Å²) >= 11 is 0. The number of halogens is 1. The first-order valence-electron chi connectivity index (χ1n) is 7.50. The molecule has 1 aromatic carbocycles. The maximum atomic E-state index is 13.0. The molecule has 0 atom stereocenters. The molecule has 1 aliphatic rings. The molecule has 4 heteroatoms. The summed E-state index contributed by atoms with van der Waals surface area (Å²) in [6.45, 7) is 5.48. The molecule has 112 valence electrons. The quantitative estimate of drug-likeness (QED) is 0.863. The van der Waals surface area contributed by atoms with E-state index in [-0.39, 0.29) is 5.82 Å². The number of nitrogens with zero attached hydrogens (tertiary/aromatic N) is 2. The fourth-order valence-electron chi connectivity index (χ4n) is 2.87. The minimum Gasteiger partial charge on any atom is -0.384 e. The molecule has 1 aliphatic heterocycles. The normalized spacial score (nSPS) is 17.6. The predicted octanol–water partition coefficient (Wildman–Crippen LogP) is 2.51. The van der Waals surface area contributed by atoms with Crippen molar-refractivity contribution in [1.82, 2.24) is 9.80 Å². The predicted molar refractivity (Wildman–Crippen MR) is 82.6 cm³/mol. The highest BCUT2D eigenvalue weighted by molar-refractivity contribution is 5.42. The summed E-state index contributed by atoms with van der Waals surface area (Å²) in [6, 6.07) is 6.67. The molecule has 0 bridgehead atoms. The zero-order chi connectivity index (χ0) is 14.4. The molecule has 1 saturated heterocycles. The number of piperidine rings is 1. The monoisotopic (exact) mass is 279 g/mol. The Morgan fingerprint density at radius 1 is 1.30 bits per heavy atom. The van der Waals surface area contributed by atoms with Gasteiger partial charge in [-0.15, -0.1) is 0 Å². The first-order chi connectivity index (χ1) is 9.63. The van der Waals surface area contributed by atoms with E-state index in [1.165, 1.54) is 38.5 Å². The van der Waals surface area contributed by atoms with E-state index >= 15 is 0 Å². The lowest BCUT2D eigenvalue weighted by atomic mass is 9.96. The molecule has 0 radical (unpaired) electrons. The largest absolute Gasteiger partial charge is 0.384 e. The van der Waals surface area contributed by atoms with Crippen LogP contribution in [-0.4, -0.2) is 56.6 Å². The Kier molecular flexibility index (Phi) is 5.80. The summed E-state index contributed by atoms with van der Waals surface area (Å²) < 4.78 is 13.0. The van der Waals surface area contributed by atoms with Crippen molar-refractivity contribution in [2.75, 3.05) is 52.1 Å². The van der Waals surface area contributed by atoms with Crippen molar-refractivity contribution in [2.24, 2.45) is 5.92 Å². The lowest BCUT2D eigenvalue weighted by molar-refractivity contribution is 0.167. The Labute approximate surface area is 121 Å². The topological polar surface area (TPSA) is 18.5 Å². The third-order valence-corrected chi connectivity index (χ3v) is 3.91. The molecule has 0 aromatic heterocycles. The molecule has 1 aromatic rings. The fraction of sp³-hybridized carbons (Fsp3) is 0.625. The Morgan fingerprint density at radius 2 is 2.05 bits per heavy atom. The number of nitrogens with one attached hydrogen (secondary N) is 1. The van der Waals surface area contributed by atoms with Gasteiger partial charge >= 0.3 is 0 Å². The second kappa shape index (κ2) is 7.60. The van der Waals surface area contributed by atoms with Crippen LogP contribution in [0.15, 0.2) is 24.3 Å². The zero-order valence-corrected chi connectivity index (χ0v) is 12.6. The van der Waals surface area contributed by atoms with Crippen LogP contribution in [0.2, 0.25) is 0 Å². The zero-order valence-electron chi connectivity index (χ0n) is 12.6. The van der Waals surface area contributed by atoms with Crippen LogP contribution in [0.3, 0.4) is 0 Å². The molecule has 0 amide bonds. The standard InChI is InChI=1S/C16H26FN3/c1-19(2)13-14-6-9-20(10-7-14)11-8-18-16-5-3-4-15(17)12-16/h3-5,12,14,18H,6-11,13H2,1-2H3. The summed E-state index contributed by atoms with van der Waals surface area (Å²) in [5.74, 6) is 0.664. The minimum absolute atomic E-state index is 0.181. The maximum absolute atomic E-state index is 13.0. The van der Waals surface area contributed by atoms with E-state index < -0.39 is 0 Å². The van der Waals surface area contributed by atoms with Crippen LogP contribution in [-0.2, 0) is 0 Å². The van der Waals surface area contributed by atoms with Crippen molar-refractivity contribution < 1.29 is 4.39 Å². The number of benzene rings is 1. The third kappa shape index (κ3) is 5.10. The summed E-state index contributed by atoms with van der Waals surface area (Å²) in [4.78, 5) is 4.78. The second-order valence-corrected chi connectivity index (χ2v) is 5.98. The number of likely N-dealkylation sites (tertiary alicyclic amines) is 1. The molecular weight excluding hydrogens is 253 g/mol. The smallest absolute Gasteiger partial charge is 0.125 e. The number of anilines is 1. The summed E-state index contributed by atoms with van der Waals surface area (Å²) in [7, 11) is 4.30. The Balaban J connectivity index is 1.64. The third-order valence-electron chi connectivity index (χ3n) is 3.91. The Bertz CT molecular complexity index is 400. The molecule has 2 rings (SSSR count). The molecule has 0 saturated carbocycles. The van der Waals surface area contributed by atoms with Gasteiger partial charge in [0.25, 0.3) is 0 Å². The van der Waals surface area contributed by atoms with Crippen LogP contribution in [0.5, 0.6) is 0 Å². The Hall–Kier alpha value is -1.13. The second-order valence-electron chi connectivity index (χ2n) is 5.98. The fourth-order valence-corrected chi connectivity index (χ4v) is 2.87. The van der Waals surface area contributed by atoms with Crippen LogP contribution in [0.1, 0.15) is 12.8 Å². The van der Waals surface area contributed by atoms with Gasteiger partial charge in [-0.1, -0.05) is 6.07 Å². The maximum Gasteiger partial charge on any atom is 0.125 e. The minimum atomic E-state index is -0.181. The van der Waals surface area contributed by atoms with E-state index in [2.05, 4.69) is 29.2 Å². The van der Waals surface area contributed by atoms with Crippen molar-refractivity contribution in [2.45, 2.75) is 12.8 Å². The highest BCUT2D eigenvalue weighted by Crippen LogP contribution is 2.17. The molecule has 0 aliphatic carbocycles. The van der Waals surface area contributed by atoms with E-state index in [1.54, 1.807) is 12.1 Å².